The van der Waals surface area contributed by atoms with Gasteiger partial charge in [0.05, 0.1) is 16.8 Å². The summed E-state index contributed by atoms with van der Waals surface area (Å²) in [7, 11) is 1.94. The lowest BCUT2D eigenvalue weighted by atomic mass is 10.3. The molecule has 28 heavy (non-hydrogen) atoms. The van der Waals surface area contributed by atoms with Gasteiger partial charge in [0.15, 0.2) is 17.2 Å². The molecule has 150 valence electrons. The van der Waals surface area contributed by atoms with Crippen LogP contribution in [0, 0.1) is 6.92 Å². The molecule has 0 unspecified atom stereocenters. The van der Waals surface area contributed by atoms with E-state index in [2.05, 4.69) is 15.1 Å². The maximum Gasteiger partial charge on any atom is 0.244 e. The Hall–Kier alpha value is -2.35. The zero-order valence-electron chi connectivity index (χ0n) is 16.8. The SMILES string of the molecule is Cc1c(Cl)cc(OC(C)C)c2nc(CCc3nc(N4CCCC4)nn3C)nn12. The highest BCUT2D eigenvalue weighted by atomic mass is 35.5. The molecule has 0 bridgehead atoms. The van der Waals surface area contributed by atoms with Crippen molar-refractivity contribution in [3.05, 3.63) is 28.4 Å². The summed E-state index contributed by atoms with van der Waals surface area (Å²) in [6.45, 7) is 7.96. The molecular weight excluding hydrogens is 378 g/mol. The zero-order chi connectivity index (χ0) is 19.8. The first-order valence-corrected chi connectivity index (χ1v) is 10.2. The summed E-state index contributed by atoms with van der Waals surface area (Å²) < 4.78 is 9.50. The van der Waals surface area contributed by atoms with Gasteiger partial charge in [-0.25, -0.2) is 9.50 Å². The molecule has 0 N–H and O–H groups in total. The number of pyridine rings is 1. The number of aryl methyl sites for hydroxylation is 4. The number of anilines is 1. The van der Waals surface area contributed by atoms with Crippen LogP contribution in [0.15, 0.2) is 6.07 Å². The third-order valence-corrected chi connectivity index (χ3v) is 5.34. The predicted molar refractivity (Wildman–Crippen MR) is 108 cm³/mol. The highest BCUT2D eigenvalue weighted by Gasteiger charge is 2.19. The molecule has 0 saturated carbocycles. The Balaban J connectivity index is 1.56. The van der Waals surface area contributed by atoms with Crippen molar-refractivity contribution in [3.8, 4) is 5.75 Å². The first kappa shape index (κ1) is 19.0. The lowest BCUT2D eigenvalue weighted by Gasteiger charge is -2.11. The summed E-state index contributed by atoms with van der Waals surface area (Å²) >= 11 is 6.35. The summed E-state index contributed by atoms with van der Waals surface area (Å²) in [6.07, 6.45) is 3.85. The Morgan fingerprint density at radius 3 is 2.61 bits per heavy atom. The molecule has 0 amide bonds. The van der Waals surface area contributed by atoms with E-state index < -0.39 is 0 Å². The smallest absolute Gasteiger partial charge is 0.244 e. The minimum Gasteiger partial charge on any atom is -0.487 e. The fraction of sp³-hybridized carbons (Fsp3) is 0.579. The van der Waals surface area contributed by atoms with E-state index in [1.807, 2.05) is 38.6 Å². The molecule has 1 saturated heterocycles. The zero-order valence-corrected chi connectivity index (χ0v) is 17.6. The number of halogens is 1. The van der Waals surface area contributed by atoms with E-state index in [1.54, 1.807) is 4.52 Å². The number of hydrogen-bond acceptors (Lipinski definition) is 6. The van der Waals surface area contributed by atoms with Gasteiger partial charge < -0.3 is 9.64 Å². The highest BCUT2D eigenvalue weighted by Crippen LogP contribution is 2.27. The van der Waals surface area contributed by atoms with Crippen LogP contribution in [-0.2, 0) is 19.9 Å². The number of rotatable bonds is 6. The second-order valence-corrected chi connectivity index (χ2v) is 7.92. The molecule has 3 aromatic rings. The van der Waals surface area contributed by atoms with Gasteiger partial charge in [0.1, 0.15) is 5.82 Å². The van der Waals surface area contributed by atoms with Gasteiger partial charge in [-0.1, -0.05) is 11.6 Å². The van der Waals surface area contributed by atoms with Gasteiger partial charge >= 0.3 is 0 Å². The summed E-state index contributed by atoms with van der Waals surface area (Å²) in [5, 5.41) is 9.83. The third-order valence-electron chi connectivity index (χ3n) is 4.96. The maximum absolute atomic E-state index is 6.35. The lowest BCUT2D eigenvalue weighted by molar-refractivity contribution is 0.244. The lowest BCUT2D eigenvalue weighted by Crippen LogP contribution is -2.19. The molecule has 0 aromatic carbocycles. The fourth-order valence-corrected chi connectivity index (χ4v) is 3.65. The first-order chi connectivity index (χ1) is 13.4. The third kappa shape index (κ3) is 3.65. The van der Waals surface area contributed by atoms with E-state index >= 15 is 0 Å². The van der Waals surface area contributed by atoms with Gasteiger partial charge in [-0.15, -0.1) is 5.10 Å². The van der Waals surface area contributed by atoms with E-state index in [1.165, 1.54) is 12.8 Å². The topological polar surface area (TPSA) is 73.4 Å². The number of aromatic nitrogens is 6. The van der Waals surface area contributed by atoms with Gasteiger partial charge in [-0.05, 0) is 33.6 Å². The molecule has 1 aliphatic heterocycles. The maximum atomic E-state index is 6.35. The van der Waals surface area contributed by atoms with E-state index in [0.717, 1.165) is 42.8 Å². The standard InChI is InChI=1S/C19H26ClN7O/c1-12(2)28-15-11-14(20)13(3)27-18(15)21-16(23-27)7-8-17-22-19(24-25(17)4)26-9-5-6-10-26/h11-12H,5-10H2,1-4H3. The minimum absolute atomic E-state index is 0.0328. The Kier molecular flexibility index (Phi) is 5.14. The van der Waals surface area contributed by atoms with E-state index in [9.17, 15) is 0 Å². The summed E-state index contributed by atoms with van der Waals surface area (Å²) in [6, 6.07) is 1.82. The molecule has 4 heterocycles. The summed E-state index contributed by atoms with van der Waals surface area (Å²) in [4.78, 5) is 11.7. The fourth-order valence-electron chi connectivity index (χ4n) is 3.47. The Morgan fingerprint density at radius 1 is 1.14 bits per heavy atom. The first-order valence-electron chi connectivity index (χ1n) is 9.78. The molecule has 8 nitrogen and oxygen atoms in total. The normalized spacial score (nSPS) is 14.6. The van der Waals surface area contributed by atoms with Crippen molar-refractivity contribution in [2.45, 2.75) is 52.6 Å². The van der Waals surface area contributed by atoms with Crippen molar-refractivity contribution in [2.75, 3.05) is 18.0 Å². The van der Waals surface area contributed by atoms with E-state index in [4.69, 9.17) is 26.3 Å². The van der Waals surface area contributed by atoms with Crippen molar-refractivity contribution < 1.29 is 4.74 Å². The number of hydrogen-bond donors (Lipinski definition) is 0. The van der Waals surface area contributed by atoms with Crippen LogP contribution in [0.25, 0.3) is 5.65 Å². The van der Waals surface area contributed by atoms with Crippen LogP contribution in [0.2, 0.25) is 5.02 Å². The Morgan fingerprint density at radius 2 is 1.89 bits per heavy atom. The molecule has 0 spiro atoms. The quantitative estimate of drug-likeness (QED) is 0.630. The van der Waals surface area contributed by atoms with Gasteiger partial charge in [0.2, 0.25) is 5.95 Å². The molecule has 1 aliphatic rings. The average molecular weight is 404 g/mol. The van der Waals surface area contributed by atoms with Crippen LogP contribution in [0.5, 0.6) is 5.75 Å². The van der Waals surface area contributed by atoms with E-state index in [-0.39, 0.29) is 6.10 Å². The van der Waals surface area contributed by atoms with Gasteiger partial charge in [-0.2, -0.15) is 10.1 Å². The monoisotopic (exact) mass is 403 g/mol. The minimum atomic E-state index is 0.0328. The van der Waals surface area contributed by atoms with E-state index in [0.29, 0.717) is 22.8 Å². The molecule has 1 fully saturated rings. The van der Waals surface area contributed by atoms with Crippen molar-refractivity contribution >= 4 is 23.2 Å². The van der Waals surface area contributed by atoms with Gasteiger partial charge in [0, 0.05) is 39.0 Å². The molecule has 0 atom stereocenters. The van der Waals surface area contributed by atoms with Crippen LogP contribution in [0.1, 0.15) is 44.0 Å². The second kappa shape index (κ2) is 7.58. The van der Waals surface area contributed by atoms with Crippen molar-refractivity contribution in [1.29, 1.82) is 0 Å². The van der Waals surface area contributed by atoms with Crippen LogP contribution in [0.3, 0.4) is 0 Å². The Labute approximate surface area is 169 Å². The highest BCUT2D eigenvalue weighted by molar-refractivity contribution is 6.31. The number of fused-ring (bicyclic) bond motifs is 1. The van der Waals surface area contributed by atoms with Crippen molar-refractivity contribution in [1.82, 2.24) is 29.4 Å². The summed E-state index contributed by atoms with van der Waals surface area (Å²) in [5.41, 5.74) is 1.54. The molecule has 9 heteroatoms. The number of ether oxygens (including phenoxy) is 1. The molecular formula is C19H26ClN7O. The van der Waals surface area contributed by atoms with Gasteiger partial charge in [-0.3, -0.25) is 4.68 Å². The van der Waals surface area contributed by atoms with Gasteiger partial charge in [0.25, 0.3) is 0 Å². The van der Waals surface area contributed by atoms with Crippen LogP contribution < -0.4 is 9.64 Å². The van der Waals surface area contributed by atoms with Crippen molar-refractivity contribution in [3.63, 3.8) is 0 Å². The second-order valence-electron chi connectivity index (χ2n) is 7.52. The van der Waals surface area contributed by atoms with Crippen LogP contribution in [0.4, 0.5) is 5.95 Å². The van der Waals surface area contributed by atoms with Crippen molar-refractivity contribution in [2.24, 2.45) is 7.05 Å². The Bertz CT molecular complexity index is 988. The largest absolute Gasteiger partial charge is 0.487 e. The average Bonchev–Trinajstić information content (AvgIpc) is 3.37. The van der Waals surface area contributed by atoms with Crippen LogP contribution in [-0.4, -0.2) is 48.6 Å². The van der Waals surface area contributed by atoms with Crippen LogP contribution >= 0.6 is 11.6 Å². The molecule has 0 aliphatic carbocycles. The predicted octanol–water partition coefficient (Wildman–Crippen LogP) is 2.99. The molecule has 3 aromatic heterocycles. The number of nitrogens with zero attached hydrogens (tertiary/aromatic N) is 7. The molecule has 4 rings (SSSR count). The molecule has 0 radical (unpaired) electrons. The summed E-state index contributed by atoms with van der Waals surface area (Å²) in [5.74, 6) is 3.16.